The summed E-state index contributed by atoms with van der Waals surface area (Å²) in [6.45, 7) is 3.09. The first-order chi connectivity index (χ1) is 12.1. The van der Waals surface area contributed by atoms with Gasteiger partial charge in [0.1, 0.15) is 11.3 Å². The molecule has 0 amide bonds. The molecule has 0 bridgehead atoms. The van der Waals surface area contributed by atoms with Crippen LogP contribution >= 0.6 is 31.9 Å². The van der Waals surface area contributed by atoms with Gasteiger partial charge in [-0.1, -0.05) is 22.9 Å². The van der Waals surface area contributed by atoms with Crippen molar-refractivity contribution in [3.05, 3.63) is 66.9 Å². The van der Waals surface area contributed by atoms with Crippen LogP contribution in [-0.4, -0.2) is 6.73 Å². The smallest absolute Gasteiger partial charge is 0.336 e. The van der Waals surface area contributed by atoms with E-state index in [4.69, 9.17) is 9.15 Å². The van der Waals surface area contributed by atoms with Gasteiger partial charge in [0.15, 0.2) is 6.73 Å². The number of anilines is 1. The van der Waals surface area contributed by atoms with Crippen molar-refractivity contribution < 1.29 is 9.15 Å². The minimum atomic E-state index is -0.320. The van der Waals surface area contributed by atoms with Crippen LogP contribution in [0.3, 0.4) is 0 Å². The van der Waals surface area contributed by atoms with Crippen LogP contribution in [-0.2, 0) is 13.0 Å². The molecule has 4 nitrogen and oxygen atoms in total. The van der Waals surface area contributed by atoms with E-state index in [1.165, 1.54) is 0 Å². The highest BCUT2D eigenvalue weighted by atomic mass is 79.9. The Morgan fingerprint density at radius 3 is 2.76 bits per heavy atom. The summed E-state index contributed by atoms with van der Waals surface area (Å²) in [5.41, 5.74) is 3.24. The second-order valence-corrected chi connectivity index (χ2v) is 7.70. The highest BCUT2D eigenvalue weighted by Crippen LogP contribution is 2.37. The third-order valence-corrected chi connectivity index (χ3v) is 5.54. The van der Waals surface area contributed by atoms with Crippen molar-refractivity contribution in [1.82, 2.24) is 0 Å². The summed E-state index contributed by atoms with van der Waals surface area (Å²) in [6.07, 6.45) is 0.781. The van der Waals surface area contributed by atoms with E-state index < -0.39 is 0 Å². The number of aryl methyl sites for hydroxylation is 1. The van der Waals surface area contributed by atoms with Crippen LogP contribution in [0.1, 0.15) is 18.1 Å². The van der Waals surface area contributed by atoms with Crippen molar-refractivity contribution in [2.24, 2.45) is 0 Å². The standard InChI is InChI=1S/C19H15Br2NO3/c1-2-11-7-18(23)25-19-13(11)4-6-17-14(19)9-22(10-24-17)16-5-3-12(20)8-15(16)21/h3-8H,2,9-10H2,1H3. The van der Waals surface area contributed by atoms with E-state index in [2.05, 4.69) is 36.8 Å². The Morgan fingerprint density at radius 1 is 1.16 bits per heavy atom. The van der Waals surface area contributed by atoms with E-state index in [0.29, 0.717) is 18.9 Å². The van der Waals surface area contributed by atoms with Crippen molar-refractivity contribution in [3.63, 3.8) is 0 Å². The number of fused-ring (bicyclic) bond motifs is 3. The quantitative estimate of drug-likeness (QED) is 0.486. The van der Waals surface area contributed by atoms with E-state index in [1.54, 1.807) is 6.07 Å². The number of hydrogen-bond acceptors (Lipinski definition) is 4. The maximum atomic E-state index is 12.0. The van der Waals surface area contributed by atoms with E-state index >= 15 is 0 Å². The Morgan fingerprint density at radius 2 is 2.00 bits per heavy atom. The molecule has 4 rings (SSSR count). The zero-order valence-electron chi connectivity index (χ0n) is 13.5. The van der Waals surface area contributed by atoms with E-state index in [1.807, 2.05) is 37.3 Å². The van der Waals surface area contributed by atoms with Crippen LogP contribution in [0.15, 0.2) is 54.6 Å². The van der Waals surface area contributed by atoms with Crippen molar-refractivity contribution in [1.29, 1.82) is 0 Å². The lowest BCUT2D eigenvalue weighted by Crippen LogP contribution is -2.32. The molecule has 0 aliphatic carbocycles. The second kappa shape index (κ2) is 6.50. The topological polar surface area (TPSA) is 42.7 Å². The Balaban J connectivity index is 1.84. The number of benzene rings is 2. The van der Waals surface area contributed by atoms with Crippen LogP contribution in [0.25, 0.3) is 11.0 Å². The molecule has 2 heterocycles. The Labute approximate surface area is 161 Å². The van der Waals surface area contributed by atoms with E-state index in [9.17, 15) is 4.79 Å². The average Bonchev–Trinajstić information content (AvgIpc) is 2.60. The second-order valence-electron chi connectivity index (χ2n) is 5.93. The van der Waals surface area contributed by atoms with Gasteiger partial charge in [0.25, 0.3) is 0 Å². The zero-order chi connectivity index (χ0) is 17.6. The molecule has 2 aromatic carbocycles. The maximum Gasteiger partial charge on any atom is 0.336 e. The highest BCUT2D eigenvalue weighted by molar-refractivity contribution is 9.11. The Kier molecular flexibility index (Phi) is 4.33. The highest BCUT2D eigenvalue weighted by Gasteiger charge is 2.23. The lowest BCUT2D eigenvalue weighted by molar-refractivity contribution is 0.289. The minimum absolute atomic E-state index is 0.320. The molecule has 0 saturated heterocycles. The zero-order valence-corrected chi connectivity index (χ0v) is 16.7. The van der Waals surface area contributed by atoms with Gasteiger partial charge in [-0.05, 0) is 58.2 Å². The maximum absolute atomic E-state index is 12.0. The third-order valence-electron chi connectivity index (χ3n) is 4.41. The van der Waals surface area contributed by atoms with Gasteiger partial charge in [0, 0.05) is 20.4 Å². The summed E-state index contributed by atoms with van der Waals surface area (Å²) >= 11 is 7.08. The SMILES string of the molecule is CCc1cc(=O)oc2c3c(ccc12)OCN(c1ccc(Br)cc1Br)C3. The third kappa shape index (κ3) is 2.98. The fourth-order valence-corrected chi connectivity index (χ4v) is 4.48. The fraction of sp³-hybridized carbons (Fsp3) is 0.211. The number of rotatable bonds is 2. The Bertz CT molecular complexity index is 1030. The van der Waals surface area contributed by atoms with E-state index in [0.717, 1.165) is 43.3 Å². The normalized spacial score (nSPS) is 13.6. The molecule has 6 heteroatoms. The van der Waals surface area contributed by atoms with Gasteiger partial charge >= 0.3 is 5.63 Å². The number of halogens is 2. The molecule has 1 aliphatic rings. The summed E-state index contributed by atoms with van der Waals surface area (Å²) in [5, 5.41) is 0.973. The first-order valence-corrected chi connectivity index (χ1v) is 9.57. The molecule has 0 fully saturated rings. The van der Waals surface area contributed by atoms with Crippen LogP contribution in [0.2, 0.25) is 0 Å². The molecule has 0 unspecified atom stereocenters. The molecular formula is C19H15Br2NO3. The predicted octanol–water partition coefficient (Wildman–Crippen LogP) is 5.24. The summed E-state index contributed by atoms with van der Waals surface area (Å²) in [4.78, 5) is 14.1. The van der Waals surface area contributed by atoms with Crippen molar-refractivity contribution >= 4 is 48.5 Å². The van der Waals surface area contributed by atoms with Crippen molar-refractivity contribution in [2.45, 2.75) is 19.9 Å². The molecule has 0 N–H and O–H groups in total. The van der Waals surface area contributed by atoms with Crippen LogP contribution in [0.5, 0.6) is 5.75 Å². The van der Waals surface area contributed by atoms with Crippen molar-refractivity contribution in [2.75, 3.05) is 11.6 Å². The van der Waals surface area contributed by atoms with Crippen LogP contribution in [0, 0.1) is 0 Å². The molecule has 3 aromatic rings. The minimum Gasteiger partial charge on any atom is -0.473 e. The van der Waals surface area contributed by atoms with E-state index in [-0.39, 0.29) is 5.63 Å². The molecule has 0 spiro atoms. The Hall–Kier alpha value is -1.79. The van der Waals surface area contributed by atoms with Gasteiger partial charge in [-0.2, -0.15) is 0 Å². The molecule has 0 radical (unpaired) electrons. The van der Waals surface area contributed by atoms with Gasteiger partial charge in [-0.3, -0.25) is 0 Å². The summed E-state index contributed by atoms with van der Waals surface area (Å²) in [6, 6.07) is 11.5. The average molecular weight is 465 g/mol. The van der Waals surface area contributed by atoms with Gasteiger partial charge in [0.05, 0.1) is 17.8 Å². The first-order valence-electron chi connectivity index (χ1n) is 7.98. The lowest BCUT2D eigenvalue weighted by atomic mass is 10.0. The summed E-state index contributed by atoms with van der Waals surface area (Å²) in [7, 11) is 0. The number of ether oxygens (including phenoxy) is 1. The number of nitrogens with zero attached hydrogens (tertiary/aromatic N) is 1. The van der Waals surface area contributed by atoms with Gasteiger partial charge in [0.2, 0.25) is 0 Å². The first kappa shape index (κ1) is 16.7. The van der Waals surface area contributed by atoms with Crippen LogP contribution in [0.4, 0.5) is 5.69 Å². The number of hydrogen-bond donors (Lipinski definition) is 0. The monoisotopic (exact) mass is 463 g/mol. The molecular weight excluding hydrogens is 450 g/mol. The predicted molar refractivity (Wildman–Crippen MR) is 105 cm³/mol. The van der Waals surface area contributed by atoms with Gasteiger partial charge < -0.3 is 14.1 Å². The molecule has 0 atom stereocenters. The molecule has 128 valence electrons. The largest absolute Gasteiger partial charge is 0.473 e. The van der Waals surface area contributed by atoms with Crippen molar-refractivity contribution in [3.8, 4) is 5.75 Å². The fourth-order valence-electron chi connectivity index (χ4n) is 3.18. The van der Waals surface area contributed by atoms with Gasteiger partial charge in [-0.25, -0.2) is 4.79 Å². The summed E-state index contributed by atoms with van der Waals surface area (Å²) in [5.74, 6) is 0.772. The molecule has 1 aliphatic heterocycles. The van der Waals surface area contributed by atoms with Gasteiger partial charge in [-0.15, -0.1) is 0 Å². The molecule has 1 aromatic heterocycles. The lowest BCUT2D eigenvalue weighted by Gasteiger charge is -2.31. The summed E-state index contributed by atoms with van der Waals surface area (Å²) < 4.78 is 13.5. The molecule has 0 saturated carbocycles. The van der Waals surface area contributed by atoms with Crippen LogP contribution < -0.4 is 15.3 Å². The molecule has 25 heavy (non-hydrogen) atoms.